The van der Waals surface area contributed by atoms with E-state index in [0.29, 0.717) is 0 Å². The second-order valence-electron chi connectivity index (χ2n) is 4.28. The van der Waals surface area contributed by atoms with Gasteiger partial charge in [-0.05, 0) is 20.8 Å². The van der Waals surface area contributed by atoms with Crippen LogP contribution in [0.25, 0.3) is 0 Å². The van der Waals surface area contributed by atoms with Crippen molar-refractivity contribution >= 4 is 16.9 Å². The molecule has 0 aromatic carbocycles. The molecule has 0 fully saturated rings. The molecule has 0 saturated carbocycles. The number of nitrogens with one attached hydrogen (secondary N) is 1. The van der Waals surface area contributed by atoms with Gasteiger partial charge in [0.15, 0.2) is 0 Å². The largest absolute Gasteiger partial charge is 0.444 e. The Morgan fingerprint density at radius 3 is 2.47 bits per heavy atom. The summed E-state index contributed by atoms with van der Waals surface area (Å²) in [5, 5.41) is 11.7. The third kappa shape index (κ3) is 9.68. The van der Waals surface area contributed by atoms with Crippen molar-refractivity contribution in [3.8, 4) is 0 Å². The van der Waals surface area contributed by atoms with Gasteiger partial charge in [0.25, 0.3) is 0 Å². The van der Waals surface area contributed by atoms with Crippen LogP contribution in [0.2, 0.25) is 0 Å². The maximum absolute atomic E-state index is 11.1. The van der Waals surface area contributed by atoms with Crippen LogP contribution in [-0.4, -0.2) is 45.7 Å². The zero-order valence-electron chi connectivity index (χ0n) is 9.57. The van der Waals surface area contributed by atoms with Crippen molar-refractivity contribution in [2.24, 2.45) is 0 Å². The number of carbonyl (C=O) groups excluding carboxylic acids is 1. The molecule has 0 aliphatic heterocycles. The normalized spacial score (nSPS) is 15.5. The summed E-state index contributed by atoms with van der Waals surface area (Å²) in [7, 11) is -1.07. The van der Waals surface area contributed by atoms with Crippen LogP contribution < -0.4 is 5.32 Å². The van der Waals surface area contributed by atoms with Gasteiger partial charge in [-0.1, -0.05) is 0 Å². The molecule has 5 nitrogen and oxygen atoms in total. The molecule has 90 valence electrons. The van der Waals surface area contributed by atoms with Gasteiger partial charge in [-0.25, -0.2) is 4.79 Å². The minimum Gasteiger partial charge on any atom is -0.444 e. The van der Waals surface area contributed by atoms with Gasteiger partial charge in [0.05, 0.1) is 11.9 Å². The molecular weight excluding hydrogens is 218 g/mol. The Bertz CT molecular complexity index is 237. The lowest BCUT2D eigenvalue weighted by atomic mass is 10.2. The van der Waals surface area contributed by atoms with E-state index in [4.69, 9.17) is 4.74 Å². The fraction of sp³-hybridized carbons (Fsp3) is 0.889. The van der Waals surface area contributed by atoms with E-state index in [1.54, 1.807) is 20.8 Å². The van der Waals surface area contributed by atoms with Crippen molar-refractivity contribution in [2.75, 3.05) is 18.6 Å². The third-order valence-electron chi connectivity index (χ3n) is 1.31. The standard InChI is InChI=1S/C9H19NO4S/c1-9(2,3)14-8(12)10-5-7(11)6-15(4)13/h7,11H,5-6H2,1-4H3,(H,10,12). The predicted octanol–water partition coefficient (Wildman–Crippen LogP) is 0.250. The fourth-order valence-electron chi connectivity index (χ4n) is 0.845. The van der Waals surface area contributed by atoms with E-state index in [2.05, 4.69) is 5.32 Å². The van der Waals surface area contributed by atoms with Crippen LogP contribution in [-0.2, 0) is 15.5 Å². The Morgan fingerprint density at radius 1 is 1.53 bits per heavy atom. The van der Waals surface area contributed by atoms with Gasteiger partial charge in [0.1, 0.15) is 5.60 Å². The van der Waals surface area contributed by atoms with Crippen molar-refractivity contribution in [1.82, 2.24) is 5.32 Å². The Morgan fingerprint density at radius 2 is 2.07 bits per heavy atom. The first kappa shape index (κ1) is 14.4. The topological polar surface area (TPSA) is 75.6 Å². The summed E-state index contributed by atoms with van der Waals surface area (Å²) in [5.41, 5.74) is -0.553. The Hall–Kier alpha value is -0.620. The molecule has 0 aliphatic carbocycles. The van der Waals surface area contributed by atoms with Gasteiger partial charge in [0, 0.05) is 23.6 Å². The van der Waals surface area contributed by atoms with Crippen molar-refractivity contribution in [2.45, 2.75) is 32.5 Å². The molecular formula is C9H19NO4S. The molecule has 0 aromatic rings. The SMILES string of the molecule is CS(=O)CC(O)CNC(=O)OC(C)(C)C. The number of amides is 1. The molecule has 0 aliphatic rings. The number of ether oxygens (including phenoxy) is 1. The second kappa shape index (κ2) is 6.07. The summed E-state index contributed by atoms with van der Waals surface area (Å²) in [5.74, 6) is 0.149. The number of hydrogen-bond donors (Lipinski definition) is 2. The molecule has 0 rings (SSSR count). The van der Waals surface area contributed by atoms with Crippen molar-refractivity contribution < 1.29 is 18.8 Å². The highest BCUT2D eigenvalue weighted by Gasteiger charge is 2.16. The molecule has 2 N–H and O–H groups in total. The van der Waals surface area contributed by atoms with Crippen LogP contribution in [0.3, 0.4) is 0 Å². The van der Waals surface area contributed by atoms with Gasteiger partial charge in [-0.3, -0.25) is 4.21 Å². The lowest BCUT2D eigenvalue weighted by Crippen LogP contribution is -2.38. The number of carbonyl (C=O) groups is 1. The fourth-order valence-corrected chi connectivity index (χ4v) is 1.50. The number of rotatable bonds is 4. The zero-order chi connectivity index (χ0) is 12.1. The molecule has 0 bridgehead atoms. The van der Waals surface area contributed by atoms with E-state index in [1.165, 1.54) is 6.26 Å². The quantitative estimate of drug-likeness (QED) is 0.735. The summed E-state index contributed by atoms with van der Waals surface area (Å²) in [4.78, 5) is 11.1. The second-order valence-corrected chi connectivity index (χ2v) is 5.76. The predicted molar refractivity (Wildman–Crippen MR) is 59.2 cm³/mol. The Balaban J connectivity index is 3.76. The zero-order valence-corrected chi connectivity index (χ0v) is 10.4. The minimum atomic E-state index is -1.07. The maximum Gasteiger partial charge on any atom is 0.407 e. The number of aliphatic hydroxyl groups is 1. The highest BCUT2D eigenvalue weighted by molar-refractivity contribution is 7.84. The Kier molecular flexibility index (Phi) is 5.82. The van der Waals surface area contributed by atoms with Gasteiger partial charge in [0.2, 0.25) is 0 Å². The number of aliphatic hydroxyl groups excluding tert-OH is 1. The molecule has 0 saturated heterocycles. The summed E-state index contributed by atoms with van der Waals surface area (Å²) >= 11 is 0. The molecule has 0 radical (unpaired) electrons. The molecule has 2 unspecified atom stereocenters. The third-order valence-corrected chi connectivity index (χ3v) is 2.16. The van der Waals surface area contributed by atoms with Crippen LogP contribution in [0.5, 0.6) is 0 Å². The minimum absolute atomic E-state index is 0.0501. The van der Waals surface area contributed by atoms with Crippen molar-refractivity contribution in [3.05, 3.63) is 0 Å². The van der Waals surface area contributed by atoms with E-state index in [1.807, 2.05) is 0 Å². The van der Waals surface area contributed by atoms with Crippen LogP contribution in [0.1, 0.15) is 20.8 Å². The van der Waals surface area contributed by atoms with Crippen molar-refractivity contribution in [3.63, 3.8) is 0 Å². The number of hydrogen-bond acceptors (Lipinski definition) is 4. The van der Waals surface area contributed by atoms with Gasteiger partial charge in [-0.2, -0.15) is 0 Å². The van der Waals surface area contributed by atoms with E-state index >= 15 is 0 Å². The smallest absolute Gasteiger partial charge is 0.407 e. The lowest BCUT2D eigenvalue weighted by Gasteiger charge is -2.20. The van der Waals surface area contributed by atoms with Crippen LogP contribution in [0.15, 0.2) is 0 Å². The van der Waals surface area contributed by atoms with E-state index in [-0.39, 0.29) is 12.3 Å². The molecule has 2 atom stereocenters. The van der Waals surface area contributed by atoms with E-state index < -0.39 is 28.6 Å². The summed E-state index contributed by atoms with van der Waals surface area (Å²) in [6, 6.07) is 0. The molecule has 0 heterocycles. The van der Waals surface area contributed by atoms with E-state index in [9.17, 15) is 14.1 Å². The molecule has 0 spiro atoms. The first-order valence-electron chi connectivity index (χ1n) is 4.65. The Labute approximate surface area is 92.7 Å². The highest BCUT2D eigenvalue weighted by Crippen LogP contribution is 2.06. The summed E-state index contributed by atoms with van der Waals surface area (Å²) in [6.45, 7) is 5.31. The molecule has 6 heteroatoms. The van der Waals surface area contributed by atoms with Gasteiger partial charge < -0.3 is 15.2 Å². The maximum atomic E-state index is 11.1. The van der Waals surface area contributed by atoms with Crippen LogP contribution in [0, 0.1) is 0 Å². The first-order chi connectivity index (χ1) is 6.70. The number of alkyl carbamates (subject to hydrolysis) is 1. The molecule has 0 aromatic heterocycles. The van der Waals surface area contributed by atoms with Gasteiger partial charge in [-0.15, -0.1) is 0 Å². The van der Waals surface area contributed by atoms with Crippen molar-refractivity contribution in [1.29, 1.82) is 0 Å². The van der Waals surface area contributed by atoms with E-state index in [0.717, 1.165) is 0 Å². The van der Waals surface area contributed by atoms with Crippen LogP contribution >= 0.6 is 0 Å². The average Bonchev–Trinajstić information content (AvgIpc) is 1.96. The van der Waals surface area contributed by atoms with Crippen LogP contribution in [0.4, 0.5) is 4.79 Å². The molecule has 1 amide bonds. The van der Waals surface area contributed by atoms with Gasteiger partial charge >= 0.3 is 6.09 Å². The first-order valence-corrected chi connectivity index (χ1v) is 6.38. The highest BCUT2D eigenvalue weighted by atomic mass is 32.2. The monoisotopic (exact) mass is 237 g/mol. The summed E-state index contributed by atoms with van der Waals surface area (Å²) < 4.78 is 15.7. The lowest BCUT2D eigenvalue weighted by molar-refractivity contribution is 0.0499. The molecule has 15 heavy (non-hydrogen) atoms. The summed E-state index contributed by atoms with van der Waals surface area (Å²) in [6.07, 6.45) is 0.114. The average molecular weight is 237 g/mol.